The molecular weight excluding hydrogens is 293 g/mol. The number of hydrogen-bond acceptors (Lipinski definition) is 4. The van der Waals surface area contributed by atoms with Crippen LogP contribution in [0.15, 0.2) is 10.9 Å². The zero-order valence-electron chi connectivity index (χ0n) is 10.2. The number of aromatic nitrogens is 1. The summed E-state index contributed by atoms with van der Waals surface area (Å²) in [5, 5.41) is 1.97. The summed E-state index contributed by atoms with van der Waals surface area (Å²) in [6, 6.07) is 0.0467. The van der Waals surface area contributed by atoms with Gasteiger partial charge in [-0.2, -0.15) is 0 Å². The Morgan fingerprint density at radius 2 is 2.28 bits per heavy atom. The second-order valence-electron chi connectivity index (χ2n) is 4.38. The summed E-state index contributed by atoms with van der Waals surface area (Å²) in [4.78, 5) is 18.0. The minimum atomic E-state index is 0. The molecule has 7 heteroatoms. The quantitative estimate of drug-likeness (QED) is 0.929. The Bertz CT molecular complexity index is 361. The third-order valence-electron chi connectivity index (χ3n) is 3.15. The van der Waals surface area contributed by atoms with Gasteiger partial charge in [0, 0.05) is 18.5 Å². The van der Waals surface area contributed by atoms with E-state index in [1.807, 2.05) is 12.4 Å². The fourth-order valence-electron chi connectivity index (χ4n) is 2.21. The van der Waals surface area contributed by atoms with E-state index in [4.69, 9.17) is 5.73 Å². The van der Waals surface area contributed by atoms with Gasteiger partial charge in [0.1, 0.15) is 0 Å². The largest absolute Gasteiger partial charge is 0.340 e. The molecule has 4 nitrogen and oxygen atoms in total. The Morgan fingerprint density at radius 3 is 2.78 bits per heavy atom. The van der Waals surface area contributed by atoms with Gasteiger partial charge in [-0.25, -0.2) is 4.98 Å². The van der Waals surface area contributed by atoms with E-state index in [9.17, 15) is 4.79 Å². The first-order chi connectivity index (χ1) is 7.68. The number of rotatable bonds is 3. The third kappa shape index (κ3) is 4.09. The summed E-state index contributed by atoms with van der Waals surface area (Å²) in [5.74, 6) is 0.182. The lowest BCUT2D eigenvalue weighted by Gasteiger charge is -2.22. The highest BCUT2D eigenvalue weighted by Gasteiger charge is 2.32. The molecule has 1 fully saturated rings. The van der Waals surface area contributed by atoms with Crippen molar-refractivity contribution in [3.63, 3.8) is 0 Å². The summed E-state index contributed by atoms with van der Waals surface area (Å²) in [7, 11) is 1.83. The molecule has 104 valence electrons. The molecule has 0 aliphatic heterocycles. The summed E-state index contributed by atoms with van der Waals surface area (Å²) >= 11 is 1.55. The second-order valence-corrected chi connectivity index (χ2v) is 5.09. The smallest absolute Gasteiger partial charge is 0.227 e. The van der Waals surface area contributed by atoms with Crippen LogP contribution in [0.4, 0.5) is 0 Å². The first-order valence-electron chi connectivity index (χ1n) is 5.56. The lowest BCUT2D eigenvalue weighted by atomic mass is 10.0. The zero-order chi connectivity index (χ0) is 11.5. The standard InChI is InChI=1S/C11H17N3OS.2ClH/c1-14(5-8-6-16-7-13-8)11(15)9-3-2-4-10(9)12;;/h6-7,9-10H,2-5,12H2,1H3;2*1H. The molecule has 1 heterocycles. The number of amides is 1. The highest BCUT2D eigenvalue weighted by molar-refractivity contribution is 7.07. The highest BCUT2D eigenvalue weighted by Crippen LogP contribution is 2.25. The molecule has 1 saturated carbocycles. The number of hydrogen-bond donors (Lipinski definition) is 1. The van der Waals surface area contributed by atoms with Crippen LogP contribution in [0, 0.1) is 5.92 Å². The van der Waals surface area contributed by atoms with Crippen molar-refractivity contribution in [1.29, 1.82) is 0 Å². The fourth-order valence-corrected chi connectivity index (χ4v) is 2.76. The predicted molar refractivity (Wildman–Crippen MR) is 78.4 cm³/mol. The lowest BCUT2D eigenvalue weighted by molar-refractivity contribution is -0.134. The van der Waals surface area contributed by atoms with E-state index in [2.05, 4.69) is 4.98 Å². The molecule has 1 aliphatic carbocycles. The molecule has 18 heavy (non-hydrogen) atoms. The number of halogens is 2. The van der Waals surface area contributed by atoms with Gasteiger partial charge < -0.3 is 10.6 Å². The van der Waals surface area contributed by atoms with Gasteiger partial charge in [-0.15, -0.1) is 36.2 Å². The zero-order valence-corrected chi connectivity index (χ0v) is 12.7. The van der Waals surface area contributed by atoms with Crippen LogP contribution in [0.2, 0.25) is 0 Å². The molecule has 2 rings (SSSR count). The van der Waals surface area contributed by atoms with Crippen molar-refractivity contribution < 1.29 is 4.79 Å². The van der Waals surface area contributed by atoms with E-state index in [-0.39, 0.29) is 42.7 Å². The molecule has 0 spiro atoms. The van der Waals surface area contributed by atoms with Gasteiger partial charge in [0.2, 0.25) is 5.91 Å². The average molecular weight is 312 g/mol. The maximum absolute atomic E-state index is 12.1. The van der Waals surface area contributed by atoms with Gasteiger partial charge in [0.05, 0.1) is 23.7 Å². The van der Waals surface area contributed by atoms with Crippen LogP contribution in [0.25, 0.3) is 0 Å². The molecule has 1 aromatic heterocycles. The maximum atomic E-state index is 12.1. The number of carbonyl (C=O) groups excluding carboxylic acids is 1. The molecule has 1 aliphatic rings. The van der Waals surface area contributed by atoms with Gasteiger partial charge in [0.15, 0.2) is 0 Å². The molecular formula is C11H19Cl2N3OS. The van der Waals surface area contributed by atoms with Gasteiger partial charge in [-0.3, -0.25) is 4.79 Å². The fraction of sp³-hybridized carbons (Fsp3) is 0.636. The highest BCUT2D eigenvalue weighted by atomic mass is 35.5. The Balaban J connectivity index is 0.00000144. The van der Waals surface area contributed by atoms with E-state index in [1.165, 1.54) is 0 Å². The summed E-state index contributed by atoms with van der Waals surface area (Å²) in [5.41, 5.74) is 8.67. The minimum absolute atomic E-state index is 0. The Kier molecular flexibility index (Phi) is 7.78. The molecule has 0 aromatic carbocycles. The normalized spacial score (nSPS) is 21.9. The van der Waals surface area contributed by atoms with E-state index in [0.29, 0.717) is 6.54 Å². The van der Waals surface area contributed by atoms with E-state index in [1.54, 1.807) is 21.7 Å². The van der Waals surface area contributed by atoms with Gasteiger partial charge >= 0.3 is 0 Å². The molecule has 0 saturated heterocycles. The van der Waals surface area contributed by atoms with Crippen LogP contribution in [-0.4, -0.2) is 28.9 Å². The van der Waals surface area contributed by atoms with E-state index < -0.39 is 0 Å². The number of thiazole rings is 1. The van der Waals surface area contributed by atoms with Crippen molar-refractivity contribution in [2.45, 2.75) is 31.8 Å². The van der Waals surface area contributed by atoms with Crippen LogP contribution in [-0.2, 0) is 11.3 Å². The van der Waals surface area contributed by atoms with Crippen molar-refractivity contribution in [2.24, 2.45) is 11.7 Å². The van der Waals surface area contributed by atoms with Crippen LogP contribution >= 0.6 is 36.2 Å². The lowest BCUT2D eigenvalue weighted by Crippen LogP contribution is -2.39. The predicted octanol–water partition coefficient (Wildman–Crippen LogP) is 2.07. The summed E-state index contributed by atoms with van der Waals surface area (Å²) in [6.45, 7) is 0.589. The molecule has 2 atom stereocenters. The van der Waals surface area contributed by atoms with E-state index >= 15 is 0 Å². The SMILES string of the molecule is CN(Cc1cscn1)C(=O)C1CCCC1N.Cl.Cl. The molecule has 0 bridgehead atoms. The number of nitrogens with two attached hydrogens (primary N) is 1. The third-order valence-corrected chi connectivity index (χ3v) is 3.78. The average Bonchev–Trinajstić information content (AvgIpc) is 2.88. The first kappa shape index (κ1) is 17.6. The molecule has 2 unspecified atom stereocenters. The topological polar surface area (TPSA) is 59.2 Å². The van der Waals surface area contributed by atoms with Gasteiger partial charge in [0.25, 0.3) is 0 Å². The van der Waals surface area contributed by atoms with Crippen molar-refractivity contribution >= 4 is 42.1 Å². The second kappa shape index (κ2) is 7.94. The maximum Gasteiger partial charge on any atom is 0.227 e. The first-order valence-corrected chi connectivity index (χ1v) is 6.50. The van der Waals surface area contributed by atoms with Crippen molar-refractivity contribution in [3.05, 3.63) is 16.6 Å². The molecule has 0 radical (unpaired) electrons. The van der Waals surface area contributed by atoms with Crippen molar-refractivity contribution in [2.75, 3.05) is 7.05 Å². The van der Waals surface area contributed by atoms with Crippen molar-refractivity contribution in [1.82, 2.24) is 9.88 Å². The van der Waals surface area contributed by atoms with Crippen LogP contribution < -0.4 is 5.73 Å². The van der Waals surface area contributed by atoms with Crippen LogP contribution in [0.1, 0.15) is 25.0 Å². The Hall–Kier alpha value is -0.360. The monoisotopic (exact) mass is 311 g/mol. The van der Waals surface area contributed by atoms with Crippen LogP contribution in [0.5, 0.6) is 0 Å². The molecule has 1 amide bonds. The van der Waals surface area contributed by atoms with Gasteiger partial charge in [-0.05, 0) is 12.8 Å². The molecule has 1 aromatic rings. The van der Waals surface area contributed by atoms with Crippen molar-refractivity contribution in [3.8, 4) is 0 Å². The summed E-state index contributed by atoms with van der Waals surface area (Å²) < 4.78 is 0. The summed E-state index contributed by atoms with van der Waals surface area (Å²) in [6.07, 6.45) is 2.98. The Labute approximate surface area is 124 Å². The molecule has 2 N–H and O–H groups in total. The Morgan fingerprint density at radius 1 is 1.56 bits per heavy atom. The number of nitrogens with zero attached hydrogens (tertiary/aromatic N) is 2. The van der Waals surface area contributed by atoms with Crippen LogP contribution in [0.3, 0.4) is 0 Å². The van der Waals surface area contributed by atoms with E-state index in [0.717, 1.165) is 25.0 Å². The van der Waals surface area contributed by atoms with Gasteiger partial charge in [-0.1, -0.05) is 6.42 Å². The number of carbonyl (C=O) groups is 1. The minimum Gasteiger partial charge on any atom is -0.340 e.